The number of nitrogens with zero attached hydrogens (tertiary/aromatic N) is 4. The highest BCUT2D eigenvalue weighted by Crippen LogP contribution is 2.33. The van der Waals surface area contributed by atoms with Crippen LogP contribution in [0, 0.1) is 0 Å². The molecule has 1 aliphatic carbocycles. The molecular formula is C21H24N6O4S. The molecule has 1 saturated carbocycles. The van der Waals surface area contributed by atoms with Crippen LogP contribution in [0.25, 0.3) is 11.3 Å². The summed E-state index contributed by atoms with van der Waals surface area (Å²) >= 11 is 0. The second kappa shape index (κ2) is 8.58. The van der Waals surface area contributed by atoms with Gasteiger partial charge in [0.15, 0.2) is 14.9 Å². The fourth-order valence-electron chi connectivity index (χ4n) is 3.19. The maximum atomic E-state index is 12.2. The number of aromatic nitrogens is 4. The molecule has 0 spiro atoms. The molecular weight excluding hydrogens is 432 g/mol. The fraction of sp³-hybridized carbons (Fsp3) is 0.333. The van der Waals surface area contributed by atoms with Gasteiger partial charge < -0.3 is 15.4 Å². The van der Waals surface area contributed by atoms with Gasteiger partial charge in [-0.05, 0) is 25.3 Å². The fourth-order valence-corrected chi connectivity index (χ4v) is 3.79. The van der Waals surface area contributed by atoms with E-state index >= 15 is 0 Å². The van der Waals surface area contributed by atoms with Crippen LogP contribution < -0.4 is 15.4 Å². The van der Waals surface area contributed by atoms with Crippen LogP contribution in [0.15, 0.2) is 41.7 Å². The quantitative estimate of drug-likeness (QED) is 0.555. The molecule has 0 aromatic carbocycles. The number of carbonyl (C=O) groups is 1. The lowest BCUT2D eigenvalue weighted by Gasteiger charge is -2.26. The molecule has 32 heavy (non-hydrogen) atoms. The maximum absolute atomic E-state index is 12.2. The van der Waals surface area contributed by atoms with E-state index in [1.165, 1.54) is 13.0 Å². The summed E-state index contributed by atoms with van der Waals surface area (Å²) in [6, 6.07) is 6.57. The first-order valence-corrected chi connectivity index (χ1v) is 12.0. The van der Waals surface area contributed by atoms with Crippen LogP contribution in [-0.4, -0.2) is 46.4 Å². The van der Waals surface area contributed by atoms with E-state index in [1.807, 2.05) is 6.07 Å². The Hall–Kier alpha value is -3.47. The first-order chi connectivity index (χ1) is 15.2. The van der Waals surface area contributed by atoms with Crippen molar-refractivity contribution in [1.29, 1.82) is 0 Å². The molecule has 0 bridgehead atoms. The third kappa shape index (κ3) is 5.05. The van der Waals surface area contributed by atoms with Crippen LogP contribution in [0.1, 0.15) is 26.2 Å². The van der Waals surface area contributed by atoms with Crippen molar-refractivity contribution in [3.8, 4) is 17.0 Å². The topological polar surface area (TPSA) is 128 Å². The summed E-state index contributed by atoms with van der Waals surface area (Å²) in [5.74, 6) is 0.801. The van der Waals surface area contributed by atoms with Crippen molar-refractivity contribution in [2.24, 2.45) is 7.05 Å². The molecule has 1 fully saturated rings. The first-order valence-electron chi connectivity index (χ1n) is 10.1. The summed E-state index contributed by atoms with van der Waals surface area (Å²) in [4.78, 5) is 20.0. The van der Waals surface area contributed by atoms with Crippen LogP contribution >= 0.6 is 0 Å². The molecule has 10 nitrogen and oxygen atoms in total. The Morgan fingerprint density at radius 2 is 2.00 bits per heavy atom. The second-order valence-electron chi connectivity index (χ2n) is 7.77. The lowest BCUT2D eigenvalue weighted by Crippen LogP contribution is -2.24. The van der Waals surface area contributed by atoms with Crippen LogP contribution in [0.4, 0.5) is 17.3 Å². The zero-order valence-corrected chi connectivity index (χ0v) is 18.8. The van der Waals surface area contributed by atoms with E-state index < -0.39 is 9.84 Å². The molecule has 1 amide bonds. The Kier molecular flexibility index (Phi) is 5.83. The standard InChI is InChI=1S/C21H24N6O4S/c1-13(28)23-19-11-18(16(12-22-19)17-7-8-27(2)26-17)24-20-9-15(31-14-5-4-6-14)10-21(25-20)32(3,29)30/h7-12,14H,4-6H2,1-3H3,(H2,22,23,24,25,28). The van der Waals surface area contributed by atoms with Gasteiger partial charge in [-0.2, -0.15) is 5.10 Å². The molecule has 0 aliphatic heterocycles. The second-order valence-corrected chi connectivity index (χ2v) is 9.73. The van der Waals surface area contributed by atoms with Crippen LogP contribution in [-0.2, 0) is 21.7 Å². The lowest BCUT2D eigenvalue weighted by atomic mass is 9.96. The highest BCUT2D eigenvalue weighted by atomic mass is 32.2. The Bertz CT molecular complexity index is 1270. The van der Waals surface area contributed by atoms with Crippen molar-refractivity contribution in [2.45, 2.75) is 37.3 Å². The van der Waals surface area contributed by atoms with E-state index in [4.69, 9.17) is 4.74 Å². The number of anilines is 3. The molecule has 3 aromatic rings. The van der Waals surface area contributed by atoms with Crippen molar-refractivity contribution in [3.05, 3.63) is 36.7 Å². The van der Waals surface area contributed by atoms with E-state index in [0.29, 0.717) is 34.3 Å². The van der Waals surface area contributed by atoms with Gasteiger partial charge in [0.25, 0.3) is 0 Å². The van der Waals surface area contributed by atoms with Gasteiger partial charge in [-0.15, -0.1) is 0 Å². The van der Waals surface area contributed by atoms with Crippen LogP contribution in [0.2, 0.25) is 0 Å². The average molecular weight is 457 g/mol. The Morgan fingerprint density at radius 1 is 1.22 bits per heavy atom. The highest BCUT2D eigenvalue weighted by Gasteiger charge is 2.21. The largest absolute Gasteiger partial charge is 0.490 e. The maximum Gasteiger partial charge on any atom is 0.222 e. The van der Waals surface area contributed by atoms with Gasteiger partial charge in [0.05, 0.1) is 17.5 Å². The van der Waals surface area contributed by atoms with Crippen molar-refractivity contribution in [1.82, 2.24) is 19.7 Å². The van der Waals surface area contributed by atoms with Gasteiger partial charge in [-0.1, -0.05) is 0 Å². The summed E-state index contributed by atoms with van der Waals surface area (Å²) in [6.45, 7) is 1.39. The predicted molar refractivity (Wildman–Crippen MR) is 120 cm³/mol. The molecule has 0 unspecified atom stereocenters. The van der Waals surface area contributed by atoms with Gasteiger partial charge in [0, 0.05) is 56.4 Å². The van der Waals surface area contributed by atoms with Crippen molar-refractivity contribution in [3.63, 3.8) is 0 Å². The van der Waals surface area contributed by atoms with Gasteiger partial charge in [0.1, 0.15) is 17.4 Å². The normalized spacial score (nSPS) is 14.0. The first kappa shape index (κ1) is 21.8. The molecule has 0 atom stereocenters. The van der Waals surface area contributed by atoms with E-state index in [9.17, 15) is 13.2 Å². The van der Waals surface area contributed by atoms with E-state index in [-0.39, 0.29) is 17.0 Å². The van der Waals surface area contributed by atoms with E-state index in [0.717, 1.165) is 25.5 Å². The summed E-state index contributed by atoms with van der Waals surface area (Å²) in [5.41, 5.74) is 1.87. The third-order valence-electron chi connectivity index (χ3n) is 4.97. The van der Waals surface area contributed by atoms with Gasteiger partial charge in [0.2, 0.25) is 5.91 Å². The number of carbonyl (C=O) groups excluding carboxylic acids is 1. The number of amides is 1. The molecule has 3 heterocycles. The van der Waals surface area contributed by atoms with Crippen molar-refractivity contribution >= 4 is 33.1 Å². The number of aryl methyl sites for hydroxylation is 1. The van der Waals surface area contributed by atoms with Crippen molar-refractivity contribution < 1.29 is 17.9 Å². The SMILES string of the molecule is CC(=O)Nc1cc(Nc2cc(OC3CCC3)cc(S(C)(=O)=O)n2)c(-c2ccn(C)n2)cn1. The molecule has 2 N–H and O–H groups in total. The molecule has 1 aliphatic rings. The zero-order valence-electron chi connectivity index (χ0n) is 18.0. The Balaban J connectivity index is 1.75. The van der Waals surface area contributed by atoms with E-state index in [2.05, 4.69) is 25.7 Å². The average Bonchev–Trinajstić information content (AvgIpc) is 3.10. The summed E-state index contributed by atoms with van der Waals surface area (Å²) in [5, 5.41) is 10.1. The Morgan fingerprint density at radius 3 is 2.59 bits per heavy atom. The molecule has 0 radical (unpaired) electrons. The number of sulfone groups is 1. The lowest BCUT2D eigenvalue weighted by molar-refractivity contribution is -0.114. The number of hydrogen-bond acceptors (Lipinski definition) is 8. The van der Waals surface area contributed by atoms with E-state index in [1.54, 1.807) is 36.3 Å². The predicted octanol–water partition coefficient (Wildman–Crippen LogP) is 2.91. The summed E-state index contributed by atoms with van der Waals surface area (Å²) in [7, 11) is -1.76. The number of rotatable bonds is 7. The van der Waals surface area contributed by atoms with Gasteiger partial charge >= 0.3 is 0 Å². The molecule has 168 valence electrons. The summed E-state index contributed by atoms with van der Waals surface area (Å²) in [6.07, 6.45) is 7.54. The highest BCUT2D eigenvalue weighted by molar-refractivity contribution is 7.90. The molecule has 4 rings (SSSR count). The molecule has 0 saturated heterocycles. The third-order valence-corrected chi connectivity index (χ3v) is 5.94. The van der Waals surface area contributed by atoms with Gasteiger partial charge in [-0.3, -0.25) is 9.48 Å². The molecule has 3 aromatic heterocycles. The summed E-state index contributed by atoms with van der Waals surface area (Å²) < 4.78 is 32.0. The number of hydrogen-bond donors (Lipinski definition) is 2. The minimum Gasteiger partial charge on any atom is -0.490 e. The van der Waals surface area contributed by atoms with Crippen molar-refractivity contribution in [2.75, 3.05) is 16.9 Å². The molecule has 11 heteroatoms. The number of ether oxygens (including phenoxy) is 1. The Labute approximate surface area is 186 Å². The number of nitrogens with one attached hydrogen (secondary N) is 2. The number of pyridine rings is 2. The monoisotopic (exact) mass is 456 g/mol. The van der Waals surface area contributed by atoms with Crippen LogP contribution in [0.3, 0.4) is 0 Å². The zero-order chi connectivity index (χ0) is 22.9. The minimum atomic E-state index is -3.56. The smallest absolute Gasteiger partial charge is 0.222 e. The van der Waals surface area contributed by atoms with Crippen LogP contribution in [0.5, 0.6) is 5.75 Å². The minimum absolute atomic E-state index is 0.0778. The van der Waals surface area contributed by atoms with Gasteiger partial charge in [-0.25, -0.2) is 18.4 Å².